The van der Waals surface area contributed by atoms with E-state index < -0.39 is 0 Å². The van der Waals surface area contributed by atoms with Crippen LogP contribution in [0.5, 0.6) is 0 Å². The van der Waals surface area contributed by atoms with E-state index in [1.165, 1.54) is 6.42 Å². The Labute approximate surface area is 137 Å². The molecule has 4 atom stereocenters. The number of hydrogen-bond donors (Lipinski definition) is 0. The number of likely N-dealkylation sites (N-methyl/N-ethyl adjacent to an activating group) is 1. The Morgan fingerprint density at radius 3 is 2.65 bits per heavy atom. The largest absolute Gasteiger partial charge is 0.446 e. The number of amides is 2. The van der Waals surface area contributed by atoms with Crippen LogP contribution >= 0.6 is 0 Å². The first-order valence-corrected chi connectivity index (χ1v) is 9.08. The summed E-state index contributed by atoms with van der Waals surface area (Å²) in [5.41, 5.74) is 0. The Morgan fingerprint density at radius 2 is 1.87 bits per heavy atom. The van der Waals surface area contributed by atoms with Gasteiger partial charge in [0.05, 0.1) is 0 Å². The van der Waals surface area contributed by atoms with E-state index in [0.29, 0.717) is 17.9 Å². The number of piperidine rings is 2. The van der Waals surface area contributed by atoms with Gasteiger partial charge in [-0.25, -0.2) is 4.79 Å². The topological polar surface area (TPSA) is 53.1 Å². The van der Waals surface area contributed by atoms with Crippen LogP contribution in [-0.2, 0) is 9.53 Å². The Bertz CT molecular complexity index is 489. The number of rotatable bonds is 1. The zero-order chi connectivity index (χ0) is 16.0. The van der Waals surface area contributed by atoms with E-state index in [1.54, 1.807) is 0 Å². The highest BCUT2D eigenvalue weighted by molar-refractivity contribution is 5.81. The number of carbonyl (C=O) groups excluding carboxylic acids is 2. The van der Waals surface area contributed by atoms with Crippen molar-refractivity contribution in [2.24, 2.45) is 11.8 Å². The second-order valence-corrected chi connectivity index (χ2v) is 7.64. The summed E-state index contributed by atoms with van der Waals surface area (Å²) in [5.74, 6) is 0.748. The van der Waals surface area contributed by atoms with E-state index in [2.05, 4.69) is 16.8 Å². The number of nitrogens with zero attached hydrogens (tertiary/aromatic N) is 3. The average Bonchev–Trinajstić information content (AvgIpc) is 2.94. The van der Waals surface area contributed by atoms with Crippen molar-refractivity contribution in [2.75, 3.05) is 39.8 Å². The van der Waals surface area contributed by atoms with E-state index in [1.807, 2.05) is 4.90 Å². The van der Waals surface area contributed by atoms with Crippen molar-refractivity contribution in [1.82, 2.24) is 14.7 Å². The standard InChI is InChI=1S/C17H27N3O3/c1-18-6-8-19(9-7-18)17(22)23-15-11-12-10-13(15)14-4-2-3-5-20(14)16(12)21/h12-15H,2-11H2,1H3/t12?,13?,14-,15?/m1/s1. The third-order valence-corrected chi connectivity index (χ3v) is 6.24. The summed E-state index contributed by atoms with van der Waals surface area (Å²) < 4.78 is 5.89. The van der Waals surface area contributed by atoms with E-state index in [-0.39, 0.29) is 18.1 Å². The predicted molar refractivity (Wildman–Crippen MR) is 84.9 cm³/mol. The van der Waals surface area contributed by atoms with Crippen LogP contribution in [0.25, 0.3) is 0 Å². The Morgan fingerprint density at radius 1 is 1.09 bits per heavy atom. The van der Waals surface area contributed by atoms with Gasteiger partial charge in [0.15, 0.2) is 0 Å². The summed E-state index contributed by atoms with van der Waals surface area (Å²) >= 11 is 0. The maximum Gasteiger partial charge on any atom is 0.410 e. The van der Waals surface area contributed by atoms with Crippen molar-refractivity contribution < 1.29 is 14.3 Å². The van der Waals surface area contributed by atoms with Crippen LogP contribution in [0.3, 0.4) is 0 Å². The van der Waals surface area contributed by atoms with E-state index >= 15 is 0 Å². The monoisotopic (exact) mass is 321 g/mol. The molecule has 0 aromatic carbocycles. The molecule has 0 N–H and O–H groups in total. The number of fused-ring (bicyclic) bond motifs is 4. The highest BCUT2D eigenvalue weighted by Crippen LogP contribution is 2.45. The van der Waals surface area contributed by atoms with Crippen molar-refractivity contribution in [3.05, 3.63) is 0 Å². The molecule has 1 aliphatic carbocycles. The summed E-state index contributed by atoms with van der Waals surface area (Å²) in [5, 5.41) is 0. The third kappa shape index (κ3) is 2.71. The lowest BCUT2D eigenvalue weighted by Crippen LogP contribution is -2.53. The molecule has 3 heterocycles. The third-order valence-electron chi connectivity index (χ3n) is 6.24. The molecule has 3 aliphatic heterocycles. The highest BCUT2D eigenvalue weighted by Gasteiger charge is 2.52. The smallest absolute Gasteiger partial charge is 0.410 e. The quantitative estimate of drug-likeness (QED) is 0.727. The fraction of sp³-hybridized carbons (Fsp3) is 0.882. The molecule has 6 heteroatoms. The molecule has 0 radical (unpaired) electrons. The summed E-state index contributed by atoms with van der Waals surface area (Å²) in [6, 6.07) is 0.306. The second kappa shape index (κ2) is 5.96. The van der Waals surface area contributed by atoms with Gasteiger partial charge in [0.2, 0.25) is 5.91 Å². The molecule has 2 amide bonds. The van der Waals surface area contributed by atoms with Gasteiger partial charge in [0.25, 0.3) is 0 Å². The Balaban J connectivity index is 1.42. The Kier molecular flexibility index (Phi) is 3.95. The van der Waals surface area contributed by atoms with E-state index in [4.69, 9.17) is 4.74 Å². The minimum absolute atomic E-state index is 0.0655. The van der Waals surface area contributed by atoms with Gasteiger partial charge >= 0.3 is 6.09 Å². The van der Waals surface area contributed by atoms with Gasteiger partial charge in [-0.3, -0.25) is 4.79 Å². The van der Waals surface area contributed by atoms with Crippen molar-refractivity contribution in [1.29, 1.82) is 0 Å². The zero-order valence-corrected chi connectivity index (χ0v) is 13.9. The molecule has 6 nitrogen and oxygen atoms in total. The molecular formula is C17H27N3O3. The Hall–Kier alpha value is -1.30. The molecule has 0 aromatic heterocycles. The first kappa shape index (κ1) is 15.2. The zero-order valence-electron chi connectivity index (χ0n) is 13.9. The molecule has 2 bridgehead atoms. The fourth-order valence-corrected chi connectivity index (χ4v) is 4.88. The first-order valence-electron chi connectivity index (χ1n) is 9.08. The number of piperazine rings is 1. The molecule has 0 spiro atoms. The number of carbonyl (C=O) groups is 2. The molecule has 23 heavy (non-hydrogen) atoms. The maximum absolute atomic E-state index is 12.6. The lowest BCUT2D eigenvalue weighted by atomic mass is 9.84. The van der Waals surface area contributed by atoms with Gasteiger partial charge in [-0.15, -0.1) is 0 Å². The molecule has 1 saturated carbocycles. The van der Waals surface area contributed by atoms with Crippen molar-refractivity contribution in [3.63, 3.8) is 0 Å². The summed E-state index contributed by atoms with van der Waals surface area (Å²) in [6.07, 6.45) is 4.79. The minimum Gasteiger partial charge on any atom is -0.446 e. The second-order valence-electron chi connectivity index (χ2n) is 7.64. The molecule has 128 valence electrons. The molecule has 4 fully saturated rings. The van der Waals surface area contributed by atoms with Crippen LogP contribution < -0.4 is 0 Å². The van der Waals surface area contributed by atoms with Crippen molar-refractivity contribution in [2.45, 2.75) is 44.2 Å². The lowest BCUT2D eigenvalue weighted by molar-refractivity contribution is -0.143. The summed E-state index contributed by atoms with van der Waals surface area (Å²) in [6.45, 7) is 4.19. The molecular weight excluding hydrogens is 294 g/mol. The van der Waals surface area contributed by atoms with Gasteiger partial charge in [-0.2, -0.15) is 0 Å². The first-order chi connectivity index (χ1) is 11.1. The maximum atomic E-state index is 12.6. The molecule has 4 rings (SSSR count). The summed E-state index contributed by atoms with van der Waals surface area (Å²) in [7, 11) is 2.08. The van der Waals surface area contributed by atoms with Crippen LogP contribution in [-0.4, -0.2) is 78.6 Å². The molecule has 4 aliphatic rings. The lowest BCUT2D eigenvalue weighted by Gasteiger charge is -2.43. The van der Waals surface area contributed by atoms with Gasteiger partial charge in [-0.05, 0) is 39.2 Å². The van der Waals surface area contributed by atoms with Gasteiger partial charge in [0.1, 0.15) is 6.10 Å². The van der Waals surface area contributed by atoms with Crippen LogP contribution in [0.2, 0.25) is 0 Å². The fourth-order valence-electron chi connectivity index (χ4n) is 4.88. The van der Waals surface area contributed by atoms with Crippen LogP contribution in [0.15, 0.2) is 0 Å². The van der Waals surface area contributed by atoms with Crippen LogP contribution in [0.4, 0.5) is 4.79 Å². The van der Waals surface area contributed by atoms with Crippen molar-refractivity contribution >= 4 is 12.0 Å². The molecule has 3 unspecified atom stereocenters. The molecule has 0 aromatic rings. The van der Waals surface area contributed by atoms with Gasteiger partial charge in [0, 0.05) is 50.6 Å². The average molecular weight is 321 g/mol. The normalized spacial score (nSPS) is 37.7. The number of hydrogen-bond acceptors (Lipinski definition) is 4. The molecule has 3 saturated heterocycles. The van der Waals surface area contributed by atoms with Gasteiger partial charge < -0.3 is 19.4 Å². The minimum atomic E-state index is -0.176. The van der Waals surface area contributed by atoms with E-state index in [0.717, 1.165) is 58.4 Å². The van der Waals surface area contributed by atoms with Crippen LogP contribution in [0.1, 0.15) is 32.1 Å². The van der Waals surface area contributed by atoms with Crippen molar-refractivity contribution in [3.8, 4) is 0 Å². The predicted octanol–water partition coefficient (Wildman–Crippen LogP) is 1.16. The van der Waals surface area contributed by atoms with Gasteiger partial charge in [-0.1, -0.05) is 0 Å². The SMILES string of the molecule is CN1CCN(C(=O)OC2CC3CC2[C@H]2CCCCN2C3=O)CC1. The van der Waals surface area contributed by atoms with Crippen LogP contribution in [0, 0.1) is 11.8 Å². The highest BCUT2D eigenvalue weighted by atomic mass is 16.6. The van der Waals surface area contributed by atoms with E-state index in [9.17, 15) is 9.59 Å². The number of ether oxygens (including phenoxy) is 1. The summed E-state index contributed by atoms with van der Waals surface area (Å²) in [4.78, 5) is 31.2.